The molecule has 0 aliphatic heterocycles. The summed E-state index contributed by atoms with van der Waals surface area (Å²) in [6, 6.07) is 0. The molecule has 2 aliphatic rings. The van der Waals surface area contributed by atoms with Crippen LogP contribution in [0.5, 0.6) is 0 Å². The lowest BCUT2D eigenvalue weighted by molar-refractivity contribution is -0.121. The van der Waals surface area contributed by atoms with E-state index in [4.69, 9.17) is 0 Å². The van der Waals surface area contributed by atoms with Crippen LogP contribution in [0.1, 0.15) is 46.5 Å². The summed E-state index contributed by atoms with van der Waals surface area (Å²) in [5.74, 6) is 0.725. The molecule has 0 aromatic rings. The number of aliphatic hydroxyl groups is 2. The van der Waals surface area contributed by atoms with Gasteiger partial charge in [-0.05, 0) is 56.4 Å². The van der Waals surface area contributed by atoms with Crippen LogP contribution in [0.4, 0.5) is 0 Å². The molecule has 1 fully saturated rings. The molecule has 0 bridgehead atoms. The molecular weight excluding hydrogens is 228 g/mol. The first-order chi connectivity index (χ1) is 8.28. The minimum Gasteiger partial charge on any atom is -0.393 e. The molecule has 3 heteroatoms. The average molecular weight is 252 g/mol. The highest BCUT2D eigenvalue weighted by Gasteiger charge is 2.47. The van der Waals surface area contributed by atoms with Gasteiger partial charge in [-0.25, -0.2) is 0 Å². The Labute approximate surface area is 109 Å². The number of fused-ring (bicyclic) bond motifs is 1. The SMILES string of the molecule is CC1=CC(=O)CC2(C)CCC(C(C)(O)CO)CC12. The normalized spacial score (nSPS) is 39.8. The molecule has 0 heterocycles. The topological polar surface area (TPSA) is 57.5 Å². The van der Waals surface area contributed by atoms with Gasteiger partial charge in [0.2, 0.25) is 0 Å². The minimum absolute atomic E-state index is 0.0535. The first-order valence-corrected chi connectivity index (χ1v) is 6.83. The molecule has 0 aromatic carbocycles. The Kier molecular flexibility index (Phi) is 3.41. The lowest BCUT2D eigenvalue weighted by atomic mass is 9.56. The Morgan fingerprint density at radius 3 is 2.83 bits per heavy atom. The van der Waals surface area contributed by atoms with Gasteiger partial charge in [0.05, 0.1) is 12.2 Å². The van der Waals surface area contributed by atoms with Crippen molar-refractivity contribution in [3.63, 3.8) is 0 Å². The van der Waals surface area contributed by atoms with Crippen LogP contribution in [0, 0.1) is 17.3 Å². The Bertz CT molecular complexity index is 383. The molecule has 4 atom stereocenters. The van der Waals surface area contributed by atoms with E-state index in [1.54, 1.807) is 13.0 Å². The maximum absolute atomic E-state index is 11.7. The highest BCUT2D eigenvalue weighted by molar-refractivity contribution is 5.92. The number of ketones is 1. The van der Waals surface area contributed by atoms with Gasteiger partial charge in [-0.2, -0.15) is 0 Å². The zero-order valence-electron chi connectivity index (χ0n) is 11.6. The van der Waals surface area contributed by atoms with E-state index in [0.717, 1.165) is 24.8 Å². The fraction of sp³-hybridized carbons (Fsp3) is 0.800. The molecule has 2 rings (SSSR count). The molecule has 2 aliphatic carbocycles. The van der Waals surface area contributed by atoms with Crippen LogP contribution in [-0.4, -0.2) is 28.2 Å². The first-order valence-electron chi connectivity index (χ1n) is 6.83. The van der Waals surface area contributed by atoms with Crippen LogP contribution in [-0.2, 0) is 4.79 Å². The molecule has 0 spiro atoms. The molecule has 18 heavy (non-hydrogen) atoms. The first kappa shape index (κ1) is 13.8. The number of hydrogen-bond donors (Lipinski definition) is 2. The van der Waals surface area contributed by atoms with Gasteiger partial charge < -0.3 is 10.2 Å². The maximum Gasteiger partial charge on any atom is 0.156 e. The predicted octanol–water partition coefficient (Wildman–Crippen LogP) is 2.07. The van der Waals surface area contributed by atoms with Crippen molar-refractivity contribution < 1.29 is 15.0 Å². The zero-order chi connectivity index (χ0) is 13.6. The predicted molar refractivity (Wildman–Crippen MR) is 70.0 cm³/mol. The molecule has 3 nitrogen and oxygen atoms in total. The van der Waals surface area contributed by atoms with Crippen molar-refractivity contribution in [2.45, 2.75) is 52.1 Å². The van der Waals surface area contributed by atoms with Crippen molar-refractivity contribution in [2.75, 3.05) is 6.61 Å². The van der Waals surface area contributed by atoms with Crippen molar-refractivity contribution in [1.29, 1.82) is 0 Å². The number of allylic oxidation sites excluding steroid dienone is 2. The van der Waals surface area contributed by atoms with Crippen molar-refractivity contribution >= 4 is 5.78 Å². The Hall–Kier alpha value is -0.670. The van der Waals surface area contributed by atoms with Crippen LogP contribution >= 0.6 is 0 Å². The van der Waals surface area contributed by atoms with E-state index in [2.05, 4.69) is 6.92 Å². The molecule has 0 amide bonds. The van der Waals surface area contributed by atoms with E-state index >= 15 is 0 Å². The molecule has 4 unspecified atom stereocenters. The van der Waals surface area contributed by atoms with Crippen LogP contribution in [0.15, 0.2) is 11.6 Å². The van der Waals surface area contributed by atoms with E-state index < -0.39 is 5.60 Å². The van der Waals surface area contributed by atoms with Gasteiger partial charge in [-0.1, -0.05) is 12.5 Å². The van der Waals surface area contributed by atoms with E-state index in [9.17, 15) is 15.0 Å². The van der Waals surface area contributed by atoms with E-state index in [1.165, 1.54) is 0 Å². The molecule has 2 N–H and O–H groups in total. The highest BCUT2D eigenvalue weighted by atomic mass is 16.3. The third-order valence-corrected chi connectivity index (χ3v) is 5.14. The number of hydrogen-bond acceptors (Lipinski definition) is 3. The second kappa shape index (κ2) is 4.46. The van der Waals surface area contributed by atoms with Crippen LogP contribution in [0.25, 0.3) is 0 Å². The molecule has 0 aromatic heterocycles. The number of rotatable bonds is 2. The minimum atomic E-state index is -0.997. The quantitative estimate of drug-likeness (QED) is 0.791. The summed E-state index contributed by atoms with van der Waals surface area (Å²) in [6.45, 7) is 5.74. The Balaban J connectivity index is 2.23. The van der Waals surface area contributed by atoms with Gasteiger partial charge in [0, 0.05) is 6.42 Å². The monoisotopic (exact) mass is 252 g/mol. The van der Waals surface area contributed by atoms with E-state index in [0.29, 0.717) is 12.3 Å². The van der Waals surface area contributed by atoms with Gasteiger partial charge in [0.1, 0.15) is 0 Å². The van der Waals surface area contributed by atoms with Gasteiger partial charge in [0.15, 0.2) is 5.78 Å². The molecule has 102 valence electrons. The second-order valence-electron chi connectivity index (χ2n) is 6.72. The van der Waals surface area contributed by atoms with Gasteiger partial charge in [-0.15, -0.1) is 0 Å². The largest absolute Gasteiger partial charge is 0.393 e. The number of aliphatic hydroxyl groups excluding tert-OH is 1. The smallest absolute Gasteiger partial charge is 0.156 e. The summed E-state index contributed by atoms with van der Waals surface area (Å²) < 4.78 is 0. The fourth-order valence-corrected chi connectivity index (χ4v) is 3.81. The van der Waals surface area contributed by atoms with Gasteiger partial charge in [0.25, 0.3) is 0 Å². The highest BCUT2D eigenvalue weighted by Crippen LogP contribution is 2.52. The summed E-state index contributed by atoms with van der Waals surface area (Å²) >= 11 is 0. The molecular formula is C15H24O3. The number of carbonyl (C=O) groups is 1. The zero-order valence-corrected chi connectivity index (χ0v) is 11.6. The lowest BCUT2D eigenvalue weighted by Gasteiger charge is -2.49. The van der Waals surface area contributed by atoms with Crippen LogP contribution in [0.2, 0.25) is 0 Å². The second-order valence-corrected chi connectivity index (χ2v) is 6.72. The summed E-state index contributed by atoms with van der Waals surface area (Å²) in [4.78, 5) is 11.7. The fourth-order valence-electron chi connectivity index (χ4n) is 3.81. The molecule has 1 saturated carbocycles. The molecule has 0 saturated heterocycles. The van der Waals surface area contributed by atoms with E-state index in [-0.39, 0.29) is 23.7 Å². The average Bonchev–Trinajstić information content (AvgIpc) is 2.27. The van der Waals surface area contributed by atoms with Crippen molar-refractivity contribution in [1.82, 2.24) is 0 Å². The van der Waals surface area contributed by atoms with Crippen LogP contribution < -0.4 is 0 Å². The molecule has 0 radical (unpaired) electrons. The third kappa shape index (κ3) is 2.26. The van der Waals surface area contributed by atoms with Crippen molar-refractivity contribution in [3.05, 3.63) is 11.6 Å². The van der Waals surface area contributed by atoms with Crippen molar-refractivity contribution in [3.8, 4) is 0 Å². The van der Waals surface area contributed by atoms with Crippen molar-refractivity contribution in [2.24, 2.45) is 17.3 Å². The Morgan fingerprint density at radius 2 is 2.22 bits per heavy atom. The summed E-state index contributed by atoms with van der Waals surface area (Å²) in [5.41, 5.74) is 0.202. The lowest BCUT2D eigenvalue weighted by Crippen LogP contribution is -2.47. The maximum atomic E-state index is 11.7. The summed E-state index contributed by atoms with van der Waals surface area (Å²) in [5, 5.41) is 19.5. The van der Waals surface area contributed by atoms with Gasteiger partial charge >= 0.3 is 0 Å². The van der Waals surface area contributed by atoms with Gasteiger partial charge in [-0.3, -0.25) is 4.79 Å². The summed E-state index contributed by atoms with van der Waals surface area (Å²) in [6.07, 6.45) is 5.11. The third-order valence-electron chi connectivity index (χ3n) is 5.14. The number of carbonyl (C=O) groups excluding carboxylic acids is 1. The summed E-state index contributed by atoms with van der Waals surface area (Å²) in [7, 11) is 0. The Morgan fingerprint density at radius 1 is 1.56 bits per heavy atom. The standard InChI is InChI=1S/C15H24O3/c1-10-6-12(17)8-14(2)5-4-11(7-13(10)14)15(3,18)9-16/h6,11,13,16,18H,4-5,7-9H2,1-3H3. The van der Waals surface area contributed by atoms with Crippen LogP contribution in [0.3, 0.4) is 0 Å². The van der Waals surface area contributed by atoms with E-state index in [1.807, 2.05) is 6.92 Å².